The molecule has 0 fully saturated rings. The summed E-state index contributed by atoms with van der Waals surface area (Å²) in [6.45, 7) is 2.14. The molecule has 0 aliphatic heterocycles. The minimum absolute atomic E-state index is 0.0364. The van der Waals surface area contributed by atoms with Crippen molar-refractivity contribution in [2.75, 3.05) is 24.5 Å². The molecule has 0 aliphatic carbocycles. The maximum Gasteiger partial charge on any atom is 0.354 e. The molecular formula is C16H20N6O4. The molecule has 10 heteroatoms. The van der Waals surface area contributed by atoms with Gasteiger partial charge < -0.3 is 10.1 Å². The van der Waals surface area contributed by atoms with Gasteiger partial charge in [0.15, 0.2) is 0 Å². The highest BCUT2D eigenvalue weighted by atomic mass is 16.6. The Balaban J connectivity index is 2.08. The van der Waals surface area contributed by atoms with E-state index in [0.29, 0.717) is 6.61 Å². The van der Waals surface area contributed by atoms with Crippen LogP contribution in [0.5, 0.6) is 0 Å². The van der Waals surface area contributed by atoms with Crippen LogP contribution in [0.25, 0.3) is 0 Å². The number of hydrazine groups is 1. The number of ether oxygens (including phenoxy) is 1. The highest BCUT2D eigenvalue weighted by Gasteiger charge is 2.24. The molecule has 26 heavy (non-hydrogen) atoms. The number of carbonyl (C=O) groups excluding carboxylic acids is 1. The molecule has 0 saturated heterocycles. The second-order valence-electron chi connectivity index (χ2n) is 5.51. The number of methoxy groups -OCH3 is 1. The van der Waals surface area contributed by atoms with Crippen LogP contribution in [0.2, 0.25) is 0 Å². The van der Waals surface area contributed by atoms with Crippen LogP contribution in [0, 0.1) is 10.1 Å². The second-order valence-corrected chi connectivity index (χ2v) is 5.51. The van der Waals surface area contributed by atoms with Gasteiger partial charge in [-0.25, -0.2) is 9.97 Å². The summed E-state index contributed by atoms with van der Waals surface area (Å²) in [7, 11) is 1.53. The molecule has 10 nitrogen and oxygen atoms in total. The summed E-state index contributed by atoms with van der Waals surface area (Å²) >= 11 is 0. The summed E-state index contributed by atoms with van der Waals surface area (Å²) in [6.07, 6.45) is 1.29. The number of anilines is 2. The number of amides is 1. The zero-order valence-electron chi connectivity index (χ0n) is 14.4. The van der Waals surface area contributed by atoms with Gasteiger partial charge in [-0.2, -0.15) is 0 Å². The van der Waals surface area contributed by atoms with E-state index in [9.17, 15) is 14.9 Å². The van der Waals surface area contributed by atoms with E-state index in [-0.39, 0.29) is 35.7 Å². The summed E-state index contributed by atoms with van der Waals surface area (Å²) in [5.41, 5.74) is 5.36. The lowest BCUT2D eigenvalue weighted by Crippen LogP contribution is -2.32. The summed E-state index contributed by atoms with van der Waals surface area (Å²) in [5.74, 6) is -0.431. The molecule has 0 bridgehead atoms. The van der Waals surface area contributed by atoms with Crippen LogP contribution in [0.15, 0.2) is 36.7 Å². The second kappa shape index (κ2) is 9.28. The number of hydrogen-bond acceptors (Lipinski definition) is 8. The van der Waals surface area contributed by atoms with Crippen molar-refractivity contribution in [2.24, 2.45) is 0 Å². The molecule has 1 heterocycles. The van der Waals surface area contributed by atoms with Crippen LogP contribution in [0.1, 0.15) is 12.5 Å². The summed E-state index contributed by atoms with van der Waals surface area (Å²) in [5, 5.41) is 14.3. The molecule has 0 aliphatic rings. The van der Waals surface area contributed by atoms with Gasteiger partial charge in [0.2, 0.25) is 17.5 Å². The molecule has 0 spiro atoms. The maximum absolute atomic E-state index is 12.0. The van der Waals surface area contributed by atoms with E-state index in [2.05, 4.69) is 26.1 Å². The fraction of sp³-hybridized carbons (Fsp3) is 0.312. The zero-order valence-corrected chi connectivity index (χ0v) is 14.4. The molecule has 1 aromatic carbocycles. The van der Waals surface area contributed by atoms with Gasteiger partial charge in [0.05, 0.1) is 18.0 Å². The van der Waals surface area contributed by atoms with E-state index in [1.807, 2.05) is 30.3 Å². The van der Waals surface area contributed by atoms with E-state index >= 15 is 0 Å². The Morgan fingerprint density at radius 2 is 1.96 bits per heavy atom. The number of aromatic nitrogens is 2. The first-order valence-electron chi connectivity index (χ1n) is 7.85. The zero-order chi connectivity index (χ0) is 18.9. The predicted molar refractivity (Wildman–Crippen MR) is 95.6 cm³/mol. The van der Waals surface area contributed by atoms with Crippen LogP contribution in [-0.2, 0) is 16.0 Å². The average Bonchev–Trinajstić information content (AvgIpc) is 2.61. The van der Waals surface area contributed by atoms with Crippen LogP contribution in [0.4, 0.5) is 17.3 Å². The first kappa shape index (κ1) is 19.1. The van der Waals surface area contributed by atoms with E-state index in [1.165, 1.54) is 13.4 Å². The Kier molecular flexibility index (Phi) is 6.80. The molecule has 138 valence electrons. The topological polar surface area (TPSA) is 131 Å². The summed E-state index contributed by atoms with van der Waals surface area (Å²) in [6, 6.07) is 8.92. The van der Waals surface area contributed by atoms with Crippen LogP contribution in [0.3, 0.4) is 0 Å². The summed E-state index contributed by atoms with van der Waals surface area (Å²) in [4.78, 5) is 30.5. The Bertz CT molecular complexity index is 756. The van der Waals surface area contributed by atoms with Gasteiger partial charge >= 0.3 is 5.69 Å². The number of nitro groups is 1. The van der Waals surface area contributed by atoms with Crippen molar-refractivity contribution in [1.29, 1.82) is 0 Å². The Morgan fingerprint density at radius 1 is 1.27 bits per heavy atom. The summed E-state index contributed by atoms with van der Waals surface area (Å²) < 4.78 is 4.99. The van der Waals surface area contributed by atoms with E-state index in [0.717, 1.165) is 5.56 Å². The molecule has 1 unspecified atom stereocenters. The van der Waals surface area contributed by atoms with Gasteiger partial charge in [0, 0.05) is 13.2 Å². The van der Waals surface area contributed by atoms with Crippen LogP contribution < -0.4 is 16.2 Å². The largest absolute Gasteiger partial charge is 0.383 e. The van der Waals surface area contributed by atoms with Gasteiger partial charge in [-0.05, 0) is 12.5 Å². The molecule has 1 amide bonds. The fourth-order valence-corrected chi connectivity index (χ4v) is 2.23. The van der Waals surface area contributed by atoms with Crippen LogP contribution >= 0.6 is 0 Å². The molecule has 2 aromatic rings. The number of nitrogens with zero attached hydrogens (tertiary/aromatic N) is 3. The van der Waals surface area contributed by atoms with Crippen molar-refractivity contribution in [2.45, 2.75) is 19.4 Å². The van der Waals surface area contributed by atoms with Gasteiger partial charge in [0.25, 0.3) is 0 Å². The predicted octanol–water partition coefficient (Wildman–Crippen LogP) is 1.52. The number of benzene rings is 1. The highest BCUT2D eigenvalue weighted by Crippen LogP contribution is 2.28. The lowest BCUT2D eigenvalue weighted by atomic mass is 10.1. The molecule has 3 N–H and O–H groups in total. The number of nitrogens with one attached hydrogen (secondary N) is 3. The van der Waals surface area contributed by atoms with Crippen molar-refractivity contribution in [3.05, 3.63) is 52.3 Å². The van der Waals surface area contributed by atoms with Gasteiger partial charge in [-0.15, -0.1) is 0 Å². The lowest BCUT2D eigenvalue weighted by molar-refractivity contribution is -0.383. The quantitative estimate of drug-likeness (QED) is 0.453. The molecular weight excluding hydrogens is 340 g/mol. The Hall–Kier alpha value is -3.27. The van der Waals surface area contributed by atoms with Gasteiger partial charge in [0.1, 0.15) is 6.33 Å². The van der Waals surface area contributed by atoms with Crippen molar-refractivity contribution in [3.8, 4) is 0 Å². The molecule has 2 rings (SSSR count). The van der Waals surface area contributed by atoms with Crippen molar-refractivity contribution in [1.82, 2.24) is 15.4 Å². The highest BCUT2D eigenvalue weighted by molar-refractivity contribution is 5.81. The normalized spacial score (nSPS) is 11.5. The molecule has 1 aromatic heterocycles. The number of hydrogen-bond donors (Lipinski definition) is 3. The van der Waals surface area contributed by atoms with E-state index < -0.39 is 4.92 Å². The van der Waals surface area contributed by atoms with Crippen LogP contribution in [-0.4, -0.2) is 40.6 Å². The first-order chi connectivity index (χ1) is 12.5. The van der Waals surface area contributed by atoms with E-state index in [4.69, 9.17) is 4.74 Å². The van der Waals surface area contributed by atoms with Crippen molar-refractivity contribution < 1.29 is 14.5 Å². The molecule has 0 radical (unpaired) electrons. The van der Waals surface area contributed by atoms with Gasteiger partial charge in [-0.3, -0.25) is 25.8 Å². The lowest BCUT2D eigenvalue weighted by Gasteiger charge is -2.14. The molecule has 1 atom stereocenters. The third-order valence-corrected chi connectivity index (χ3v) is 3.33. The standard InChI is InChI=1S/C16H20N6O4/c1-11(9-26-2)19-15-14(22(24)25)16(18-10-17-15)21-20-13(23)8-12-6-4-3-5-7-12/h3-7,10-11H,8-9H2,1-2H3,(H,20,23)(H2,17,18,19,21). The Morgan fingerprint density at radius 3 is 2.62 bits per heavy atom. The first-order valence-corrected chi connectivity index (χ1v) is 7.85. The Labute approximate surface area is 150 Å². The third kappa shape index (κ3) is 5.38. The number of carbonyl (C=O) groups is 1. The van der Waals surface area contributed by atoms with Crippen molar-refractivity contribution >= 4 is 23.2 Å². The minimum Gasteiger partial charge on any atom is -0.383 e. The molecule has 0 saturated carbocycles. The monoisotopic (exact) mass is 360 g/mol. The fourth-order valence-electron chi connectivity index (χ4n) is 2.23. The minimum atomic E-state index is -0.618. The van der Waals surface area contributed by atoms with E-state index in [1.54, 1.807) is 6.92 Å². The average molecular weight is 360 g/mol. The van der Waals surface area contributed by atoms with Crippen molar-refractivity contribution in [3.63, 3.8) is 0 Å². The SMILES string of the molecule is COCC(C)Nc1ncnc(NNC(=O)Cc2ccccc2)c1[N+](=O)[O-]. The maximum atomic E-state index is 12.0. The number of rotatable bonds is 9. The van der Waals surface area contributed by atoms with Gasteiger partial charge in [-0.1, -0.05) is 30.3 Å². The smallest absolute Gasteiger partial charge is 0.354 e. The third-order valence-electron chi connectivity index (χ3n) is 3.33.